The van der Waals surface area contributed by atoms with Crippen molar-refractivity contribution in [3.63, 3.8) is 0 Å². The van der Waals surface area contributed by atoms with E-state index in [1.165, 1.54) is 0 Å². The van der Waals surface area contributed by atoms with Crippen molar-refractivity contribution in [2.45, 2.75) is 49.5 Å². The van der Waals surface area contributed by atoms with Gasteiger partial charge in [-0.1, -0.05) is 11.8 Å². The van der Waals surface area contributed by atoms with Gasteiger partial charge in [0.2, 0.25) is 0 Å². The number of unbranched alkanes of at least 4 members (excludes halogenated alkanes) is 4. The van der Waals surface area contributed by atoms with Crippen molar-refractivity contribution >= 4 is 20.2 Å². The van der Waals surface area contributed by atoms with E-state index in [4.69, 9.17) is 0 Å². The summed E-state index contributed by atoms with van der Waals surface area (Å²) in [6.07, 6.45) is 1.14. The maximum absolute atomic E-state index is 11.9. The Balaban J connectivity index is 3.83. The minimum absolute atomic E-state index is 0.0399. The van der Waals surface area contributed by atoms with E-state index in [0.29, 0.717) is 0 Å². The topological polar surface area (TPSA) is 86.7 Å². The van der Waals surface area contributed by atoms with Gasteiger partial charge >= 0.3 is 31.3 Å². The minimum Gasteiger partial charge on any atom is -0.263 e. The van der Waals surface area contributed by atoms with E-state index in [1.54, 1.807) is 0 Å². The van der Waals surface area contributed by atoms with E-state index in [2.05, 4.69) is 32.0 Å². The first-order valence-corrected chi connectivity index (χ1v) is 10.4. The van der Waals surface area contributed by atoms with Crippen LogP contribution in [0.25, 0.3) is 0 Å². The highest BCUT2D eigenvalue weighted by atomic mass is 32.2. The number of hydrogen-bond acceptors (Lipinski definition) is 6. The third kappa shape index (κ3) is 10.8. The van der Waals surface area contributed by atoms with Crippen LogP contribution in [0.4, 0.5) is 26.3 Å². The lowest BCUT2D eigenvalue weighted by molar-refractivity contribution is -0.0547. The molecule has 0 radical (unpaired) electrons. The van der Waals surface area contributed by atoms with Crippen LogP contribution in [-0.2, 0) is 28.6 Å². The maximum atomic E-state index is 11.9. The molecule has 0 saturated heterocycles. The Labute approximate surface area is 158 Å². The van der Waals surface area contributed by atoms with Gasteiger partial charge in [-0.15, -0.1) is 0 Å². The van der Waals surface area contributed by atoms with Gasteiger partial charge in [0.05, 0.1) is 13.2 Å². The van der Waals surface area contributed by atoms with Crippen molar-refractivity contribution in [3.05, 3.63) is 0 Å². The fraction of sp³-hybridized carbons (Fsp3) is 0.714. The van der Waals surface area contributed by atoms with Crippen LogP contribution in [0.15, 0.2) is 0 Å². The highest BCUT2D eigenvalue weighted by molar-refractivity contribution is 7.87. The predicted molar refractivity (Wildman–Crippen MR) is 85.1 cm³/mol. The molecule has 0 unspecified atom stereocenters. The quantitative estimate of drug-likeness (QED) is 0.164. The number of hydrogen-bond donors (Lipinski definition) is 0. The van der Waals surface area contributed by atoms with Gasteiger partial charge in [-0.2, -0.15) is 43.2 Å². The van der Waals surface area contributed by atoms with Gasteiger partial charge in [0.15, 0.2) is 0 Å². The van der Waals surface area contributed by atoms with Crippen molar-refractivity contribution in [1.29, 1.82) is 0 Å². The molecule has 28 heavy (non-hydrogen) atoms. The Morgan fingerprint density at radius 3 is 1.21 bits per heavy atom. The Morgan fingerprint density at radius 2 is 0.929 bits per heavy atom. The monoisotopic (exact) mass is 458 g/mol. The van der Waals surface area contributed by atoms with E-state index in [9.17, 15) is 43.2 Å². The normalized spacial score (nSPS) is 12.6. The second-order valence-corrected chi connectivity index (χ2v) is 8.18. The van der Waals surface area contributed by atoms with Gasteiger partial charge in [-0.25, -0.2) is 0 Å². The maximum Gasteiger partial charge on any atom is 0.523 e. The molecular weight excluding hydrogens is 442 g/mol. The fourth-order valence-corrected chi connectivity index (χ4v) is 2.26. The molecule has 0 aromatic rings. The van der Waals surface area contributed by atoms with Crippen LogP contribution < -0.4 is 0 Å². The smallest absolute Gasteiger partial charge is 0.263 e. The molecule has 0 aliphatic carbocycles. The van der Waals surface area contributed by atoms with Gasteiger partial charge in [-0.3, -0.25) is 8.37 Å². The van der Waals surface area contributed by atoms with Gasteiger partial charge < -0.3 is 0 Å². The summed E-state index contributed by atoms with van der Waals surface area (Å²) < 4.78 is 122. The van der Waals surface area contributed by atoms with Crippen molar-refractivity contribution in [2.24, 2.45) is 0 Å². The first kappa shape index (κ1) is 26.5. The molecular formula is C14H16F6O6S2. The van der Waals surface area contributed by atoms with E-state index in [1.807, 2.05) is 0 Å². The number of rotatable bonds is 10. The molecule has 0 rings (SSSR count). The Morgan fingerprint density at radius 1 is 0.607 bits per heavy atom. The molecule has 0 N–H and O–H groups in total. The average molecular weight is 458 g/mol. The molecule has 0 heterocycles. The minimum atomic E-state index is -5.58. The summed E-state index contributed by atoms with van der Waals surface area (Å²) in [6.45, 7) is -1.25. The lowest BCUT2D eigenvalue weighted by Crippen LogP contribution is -2.25. The third-order valence-corrected chi connectivity index (χ3v) is 4.76. The van der Waals surface area contributed by atoms with Gasteiger partial charge in [0, 0.05) is 12.8 Å². The summed E-state index contributed by atoms with van der Waals surface area (Å²) in [7, 11) is -11.2. The number of alkyl halides is 6. The largest absolute Gasteiger partial charge is 0.523 e. The zero-order valence-corrected chi connectivity index (χ0v) is 15.8. The summed E-state index contributed by atoms with van der Waals surface area (Å²) in [4.78, 5) is 0. The van der Waals surface area contributed by atoms with Crippen LogP contribution in [0, 0.1) is 23.7 Å². The van der Waals surface area contributed by atoms with Gasteiger partial charge in [0.1, 0.15) is 0 Å². The summed E-state index contributed by atoms with van der Waals surface area (Å²) >= 11 is 0. The molecule has 0 amide bonds. The van der Waals surface area contributed by atoms with Gasteiger partial charge in [-0.05, 0) is 37.5 Å². The van der Waals surface area contributed by atoms with Crippen molar-refractivity contribution in [3.8, 4) is 23.7 Å². The van der Waals surface area contributed by atoms with Crippen LogP contribution >= 0.6 is 0 Å². The van der Waals surface area contributed by atoms with Crippen molar-refractivity contribution in [1.82, 2.24) is 0 Å². The van der Waals surface area contributed by atoms with Gasteiger partial charge in [0.25, 0.3) is 0 Å². The van der Waals surface area contributed by atoms with Crippen LogP contribution in [0.2, 0.25) is 0 Å². The highest BCUT2D eigenvalue weighted by Crippen LogP contribution is 2.25. The Kier molecular flexibility index (Phi) is 10.9. The van der Waals surface area contributed by atoms with Crippen LogP contribution in [0.5, 0.6) is 0 Å². The average Bonchev–Trinajstić information content (AvgIpc) is 2.52. The van der Waals surface area contributed by atoms with E-state index >= 15 is 0 Å². The molecule has 0 fully saturated rings. The second-order valence-electron chi connectivity index (χ2n) is 4.96. The predicted octanol–water partition coefficient (Wildman–Crippen LogP) is 3.07. The van der Waals surface area contributed by atoms with E-state index in [0.717, 1.165) is 0 Å². The Hall–Kier alpha value is -1.48. The molecule has 0 atom stereocenters. The summed E-state index contributed by atoms with van der Waals surface area (Å²) in [6, 6.07) is 0. The molecule has 0 aromatic carbocycles. The number of halogens is 6. The summed E-state index contributed by atoms with van der Waals surface area (Å²) in [5.41, 5.74) is -10.9. The lowest BCUT2D eigenvalue weighted by Gasteiger charge is -2.07. The molecule has 0 aromatic heterocycles. The molecule has 162 valence electrons. The van der Waals surface area contributed by atoms with E-state index < -0.39 is 44.5 Å². The van der Waals surface area contributed by atoms with Crippen LogP contribution in [0.3, 0.4) is 0 Å². The fourth-order valence-electron chi connectivity index (χ4n) is 1.32. The summed E-state index contributed by atoms with van der Waals surface area (Å²) in [5, 5.41) is 0. The van der Waals surface area contributed by atoms with Crippen LogP contribution in [0.1, 0.15) is 38.5 Å². The first-order chi connectivity index (χ1) is 12.7. The third-order valence-electron chi connectivity index (χ3n) is 2.68. The molecule has 0 saturated carbocycles. The second kappa shape index (κ2) is 11.5. The first-order valence-electron chi connectivity index (χ1n) is 7.58. The molecule has 0 spiro atoms. The van der Waals surface area contributed by atoms with Crippen molar-refractivity contribution in [2.75, 3.05) is 13.2 Å². The van der Waals surface area contributed by atoms with Crippen LogP contribution in [-0.4, -0.2) is 41.1 Å². The molecule has 6 nitrogen and oxygen atoms in total. The molecule has 0 aliphatic rings. The SMILES string of the molecule is O=S(=O)(OCCCCC#CC#CCCCCOS(=O)(=O)C(F)(F)F)C(F)(F)F. The Bertz CT molecular complexity index is 737. The standard InChI is InChI=1S/C14H16F6O6S2/c15-13(16,17)27(21,22)25-11-9-7-5-3-1-2-4-6-8-10-12-26-28(23,24)14(18,19)20/h5-12H2. The molecule has 14 heteroatoms. The zero-order chi connectivity index (χ0) is 21.9. The summed E-state index contributed by atoms with van der Waals surface area (Å²) in [5.74, 6) is 10.00. The lowest BCUT2D eigenvalue weighted by atomic mass is 10.2. The highest BCUT2D eigenvalue weighted by Gasteiger charge is 2.47. The zero-order valence-electron chi connectivity index (χ0n) is 14.2. The van der Waals surface area contributed by atoms with E-state index in [-0.39, 0.29) is 38.5 Å². The molecule has 0 bridgehead atoms. The van der Waals surface area contributed by atoms with Crippen molar-refractivity contribution < 1.29 is 51.5 Å². The molecule has 0 aliphatic heterocycles.